The molecule has 0 saturated carbocycles. The monoisotopic (exact) mass is 635 g/mol. The second-order valence-electron chi connectivity index (χ2n) is 8.87. The normalized spacial score (nSPS) is 11.9. The van der Waals surface area contributed by atoms with E-state index in [1.807, 2.05) is 6.92 Å². The summed E-state index contributed by atoms with van der Waals surface area (Å²) in [5.41, 5.74) is 1.95. The molecule has 0 aliphatic carbocycles. The number of carbonyl (C=O) groups is 2. The maximum atomic E-state index is 13.9. The molecule has 3 rings (SSSR count). The van der Waals surface area contributed by atoms with E-state index in [2.05, 4.69) is 21.2 Å². The summed E-state index contributed by atoms with van der Waals surface area (Å²) in [6.07, 6.45) is 0. The smallest absolute Gasteiger partial charge is 0.264 e. The van der Waals surface area contributed by atoms with E-state index in [-0.39, 0.29) is 17.3 Å². The van der Waals surface area contributed by atoms with Crippen LogP contribution in [0.5, 0.6) is 5.75 Å². The quantitative estimate of drug-likeness (QED) is 0.314. The Kier molecular flexibility index (Phi) is 10.4. The lowest BCUT2D eigenvalue weighted by molar-refractivity contribution is -0.139. The van der Waals surface area contributed by atoms with Gasteiger partial charge in [0.05, 0.1) is 22.2 Å². The van der Waals surface area contributed by atoms with Gasteiger partial charge in [-0.1, -0.05) is 41.4 Å². The molecule has 1 atom stereocenters. The zero-order valence-electron chi connectivity index (χ0n) is 22.1. The van der Waals surface area contributed by atoms with Crippen molar-refractivity contribution in [3.05, 3.63) is 87.4 Å². The molecule has 0 radical (unpaired) electrons. The topological polar surface area (TPSA) is 96.0 Å². The molecule has 0 aliphatic rings. The highest BCUT2D eigenvalue weighted by atomic mass is 79.9. The van der Waals surface area contributed by atoms with Gasteiger partial charge in [-0.2, -0.15) is 0 Å². The van der Waals surface area contributed by atoms with Crippen LogP contribution in [-0.4, -0.2) is 51.4 Å². The van der Waals surface area contributed by atoms with Gasteiger partial charge in [0.1, 0.15) is 18.3 Å². The maximum absolute atomic E-state index is 13.9. The lowest BCUT2D eigenvalue weighted by Crippen LogP contribution is -2.51. The molecule has 208 valence electrons. The number of rotatable bonds is 11. The standard InChI is InChI=1S/C28H31BrClN3O5S/c1-5-31-28(35)20(3)32(17-21-7-6-8-22(30)15-21)27(34)18-33(23-11-9-19(2)10-12-23)39(36,37)24-13-14-26(38-4)25(29)16-24/h6-16,20H,5,17-18H2,1-4H3,(H,31,35)/t20-/m1/s1. The predicted octanol–water partition coefficient (Wildman–Crippen LogP) is 5.17. The lowest BCUT2D eigenvalue weighted by atomic mass is 10.1. The number of ether oxygens (including phenoxy) is 1. The minimum Gasteiger partial charge on any atom is -0.496 e. The van der Waals surface area contributed by atoms with Crippen LogP contribution < -0.4 is 14.4 Å². The summed E-state index contributed by atoms with van der Waals surface area (Å²) in [7, 11) is -2.72. The van der Waals surface area contributed by atoms with Crippen molar-refractivity contribution >= 4 is 55.1 Å². The molecule has 0 heterocycles. The minimum absolute atomic E-state index is 0.0262. The number of nitrogens with zero attached hydrogens (tertiary/aromatic N) is 2. The van der Waals surface area contributed by atoms with Crippen LogP contribution in [0.25, 0.3) is 0 Å². The molecular formula is C28H31BrClN3O5S. The van der Waals surface area contributed by atoms with Crippen molar-refractivity contribution in [3.8, 4) is 5.75 Å². The Hall–Kier alpha value is -3.08. The third-order valence-corrected chi connectivity index (χ3v) is 8.70. The van der Waals surface area contributed by atoms with Crippen molar-refractivity contribution < 1.29 is 22.7 Å². The van der Waals surface area contributed by atoms with Gasteiger partial charge in [-0.3, -0.25) is 13.9 Å². The number of hydrogen-bond donors (Lipinski definition) is 1. The van der Waals surface area contributed by atoms with Crippen LogP contribution in [0.15, 0.2) is 76.1 Å². The lowest BCUT2D eigenvalue weighted by Gasteiger charge is -2.32. The molecule has 8 nitrogen and oxygen atoms in total. The van der Waals surface area contributed by atoms with Crippen LogP contribution in [0.1, 0.15) is 25.0 Å². The summed E-state index contributed by atoms with van der Waals surface area (Å²) < 4.78 is 34.6. The highest BCUT2D eigenvalue weighted by Gasteiger charge is 2.32. The van der Waals surface area contributed by atoms with Gasteiger partial charge >= 0.3 is 0 Å². The maximum Gasteiger partial charge on any atom is 0.264 e. The summed E-state index contributed by atoms with van der Waals surface area (Å²) in [5.74, 6) is -0.433. The second kappa shape index (κ2) is 13.3. The first-order valence-corrected chi connectivity index (χ1v) is 14.8. The van der Waals surface area contributed by atoms with Crippen molar-refractivity contribution in [2.45, 2.75) is 38.3 Å². The Balaban J connectivity index is 2.05. The molecule has 0 bridgehead atoms. The Labute approximate surface area is 243 Å². The van der Waals surface area contributed by atoms with Gasteiger partial charge in [0.2, 0.25) is 11.8 Å². The molecule has 0 saturated heterocycles. The first-order valence-electron chi connectivity index (χ1n) is 12.2. The van der Waals surface area contributed by atoms with Crippen LogP contribution >= 0.6 is 27.5 Å². The molecule has 3 aromatic rings. The molecule has 0 spiro atoms. The van der Waals surface area contributed by atoms with E-state index < -0.39 is 28.5 Å². The molecule has 1 N–H and O–H groups in total. The molecule has 3 aromatic carbocycles. The Morgan fingerprint density at radius 2 is 1.77 bits per heavy atom. The number of amides is 2. The molecule has 39 heavy (non-hydrogen) atoms. The van der Waals surface area contributed by atoms with Gasteiger partial charge in [-0.15, -0.1) is 0 Å². The first-order chi connectivity index (χ1) is 18.5. The van der Waals surface area contributed by atoms with Gasteiger partial charge in [-0.05, 0) is 84.7 Å². The van der Waals surface area contributed by atoms with E-state index >= 15 is 0 Å². The number of benzene rings is 3. The van der Waals surface area contributed by atoms with E-state index in [0.29, 0.717) is 33.0 Å². The van der Waals surface area contributed by atoms with E-state index in [9.17, 15) is 18.0 Å². The number of methoxy groups -OCH3 is 1. The van der Waals surface area contributed by atoms with Crippen molar-refractivity contribution in [1.29, 1.82) is 0 Å². The second-order valence-corrected chi connectivity index (χ2v) is 12.0. The molecule has 0 aliphatic heterocycles. The number of hydrogen-bond acceptors (Lipinski definition) is 5. The number of aryl methyl sites for hydroxylation is 1. The summed E-state index contributed by atoms with van der Waals surface area (Å²) in [6, 6.07) is 17.3. The van der Waals surface area contributed by atoms with Gasteiger partial charge in [0.25, 0.3) is 10.0 Å². The number of anilines is 1. The number of carbonyl (C=O) groups excluding carboxylic acids is 2. The Bertz CT molecular complexity index is 1430. The predicted molar refractivity (Wildman–Crippen MR) is 157 cm³/mol. The van der Waals surface area contributed by atoms with Gasteiger partial charge in [-0.25, -0.2) is 8.42 Å². The van der Waals surface area contributed by atoms with Gasteiger partial charge in [0, 0.05) is 18.1 Å². The fourth-order valence-electron chi connectivity index (χ4n) is 3.91. The molecule has 0 unspecified atom stereocenters. The summed E-state index contributed by atoms with van der Waals surface area (Å²) >= 11 is 9.50. The fraction of sp³-hybridized carbons (Fsp3) is 0.286. The van der Waals surface area contributed by atoms with Gasteiger partial charge < -0.3 is 15.0 Å². The molecule has 2 amide bonds. The van der Waals surface area contributed by atoms with Crippen LogP contribution in [0, 0.1) is 6.92 Å². The highest BCUT2D eigenvalue weighted by Crippen LogP contribution is 2.31. The van der Waals surface area contributed by atoms with Crippen molar-refractivity contribution in [3.63, 3.8) is 0 Å². The number of sulfonamides is 1. The van der Waals surface area contributed by atoms with Crippen LogP contribution in [0.3, 0.4) is 0 Å². The van der Waals surface area contributed by atoms with Crippen LogP contribution in [0.4, 0.5) is 5.69 Å². The zero-order chi connectivity index (χ0) is 28.7. The fourth-order valence-corrected chi connectivity index (χ4v) is 6.26. The van der Waals surface area contributed by atoms with Crippen LogP contribution in [-0.2, 0) is 26.2 Å². The van der Waals surface area contributed by atoms with Crippen molar-refractivity contribution in [2.75, 3.05) is 24.5 Å². The molecule has 0 aromatic heterocycles. The van der Waals surface area contributed by atoms with E-state index in [1.54, 1.807) is 62.4 Å². The third-order valence-electron chi connectivity index (χ3n) is 6.07. The Morgan fingerprint density at radius 3 is 2.36 bits per heavy atom. The first kappa shape index (κ1) is 30.5. The zero-order valence-corrected chi connectivity index (χ0v) is 25.3. The SMILES string of the molecule is CCNC(=O)[C@@H](C)N(Cc1cccc(Cl)c1)C(=O)CN(c1ccc(C)cc1)S(=O)(=O)c1ccc(OC)c(Br)c1. The summed E-state index contributed by atoms with van der Waals surface area (Å²) in [4.78, 5) is 28.0. The largest absolute Gasteiger partial charge is 0.496 e. The average Bonchev–Trinajstić information content (AvgIpc) is 2.90. The summed E-state index contributed by atoms with van der Waals surface area (Å²) in [5, 5.41) is 3.22. The number of likely N-dealkylation sites (N-methyl/N-ethyl adjacent to an activating group) is 1. The molecule has 11 heteroatoms. The van der Waals surface area contributed by atoms with E-state index in [4.69, 9.17) is 16.3 Å². The van der Waals surface area contributed by atoms with E-state index in [1.165, 1.54) is 30.2 Å². The van der Waals surface area contributed by atoms with Crippen LogP contribution in [0.2, 0.25) is 5.02 Å². The molecule has 0 fully saturated rings. The number of halogens is 2. The minimum atomic E-state index is -4.20. The van der Waals surface area contributed by atoms with Gasteiger partial charge in [0.15, 0.2) is 0 Å². The van der Waals surface area contributed by atoms with E-state index in [0.717, 1.165) is 9.87 Å². The number of nitrogens with one attached hydrogen (secondary N) is 1. The third kappa shape index (κ3) is 7.52. The van der Waals surface area contributed by atoms with Crippen molar-refractivity contribution in [1.82, 2.24) is 10.2 Å². The Morgan fingerprint density at radius 1 is 1.08 bits per heavy atom. The summed E-state index contributed by atoms with van der Waals surface area (Å²) in [6.45, 7) is 5.20. The van der Waals surface area contributed by atoms with Crippen molar-refractivity contribution in [2.24, 2.45) is 0 Å². The highest BCUT2D eigenvalue weighted by molar-refractivity contribution is 9.10. The average molecular weight is 637 g/mol. The molecular weight excluding hydrogens is 606 g/mol.